The number of aromatic nitrogens is 2. The Hall–Kier alpha value is -2.65. The van der Waals surface area contributed by atoms with E-state index in [1.165, 1.54) is 0 Å². The minimum absolute atomic E-state index is 0.337. The van der Waals surface area contributed by atoms with E-state index < -0.39 is 0 Å². The number of nitrogens with one attached hydrogen (secondary N) is 1. The second-order valence-corrected chi connectivity index (χ2v) is 5.01. The first-order chi connectivity index (χ1) is 10.8. The quantitative estimate of drug-likeness (QED) is 0.917. The van der Waals surface area contributed by atoms with Crippen molar-refractivity contribution in [2.24, 2.45) is 0 Å². The van der Waals surface area contributed by atoms with Crippen molar-refractivity contribution < 1.29 is 4.74 Å². The number of anilines is 1. The summed E-state index contributed by atoms with van der Waals surface area (Å²) < 4.78 is 5.70. The number of nitriles is 1. The second-order valence-electron chi connectivity index (χ2n) is 5.01. The number of ether oxygens (including phenoxy) is 1. The molecule has 0 saturated carbocycles. The fraction of sp³-hybridized carbons (Fsp3) is 0.312. The predicted octanol–water partition coefficient (Wildman–Crippen LogP) is 1.34. The van der Waals surface area contributed by atoms with Gasteiger partial charge in [0.05, 0.1) is 11.3 Å². The molecule has 0 bridgehead atoms. The topological polar surface area (TPSA) is 74.1 Å². The molecule has 2 aromatic rings. The zero-order valence-electron chi connectivity index (χ0n) is 12.2. The molecular weight excluding hydrogens is 278 g/mol. The summed E-state index contributed by atoms with van der Waals surface area (Å²) in [5.41, 5.74) is 1.32. The van der Waals surface area contributed by atoms with Crippen LogP contribution in [0, 0.1) is 11.3 Å². The van der Waals surface area contributed by atoms with Crippen LogP contribution in [0.5, 0.6) is 5.88 Å². The summed E-state index contributed by atoms with van der Waals surface area (Å²) in [7, 11) is 0. The number of hydrogen-bond acceptors (Lipinski definition) is 6. The van der Waals surface area contributed by atoms with Crippen LogP contribution in [0.25, 0.3) is 0 Å². The lowest BCUT2D eigenvalue weighted by molar-refractivity contribution is 0.289. The molecule has 3 rings (SSSR count). The first kappa shape index (κ1) is 14.3. The van der Waals surface area contributed by atoms with E-state index >= 15 is 0 Å². The molecule has 0 aromatic carbocycles. The van der Waals surface area contributed by atoms with Crippen molar-refractivity contribution in [3.8, 4) is 11.9 Å². The minimum Gasteiger partial charge on any atom is -0.471 e. The van der Waals surface area contributed by atoms with Crippen LogP contribution < -0.4 is 15.0 Å². The number of hydrogen-bond donors (Lipinski definition) is 1. The Labute approximate surface area is 129 Å². The Morgan fingerprint density at radius 3 is 2.82 bits per heavy atom. The van der Waals surface area contributed by atoms with E-state index in [0.717, 1.165) is 37.7 Å². The molecule has 3 heterocycles. The van der Waals surface area contributed by atoms with Gasteiger partial charge in [0.25, 0.3) is 0 Å². The molecule has 0 spiro atoms. The molecule has 0 unspecified atom stereocenters. The van der Waals surface area contributed by atoms with Gasteiger partial charge in [-0.25, -0.2) is 0 Å². The zero-order valence-corrected chi connectivity index (χ0v) is 12.2. The van der Waals surface area contributed by atoms with Crippen LogP contribution in [0.2, 0.25) is 0 Å². The summed E-state index contributed by atoms with van der Waals surface area (Å²) in [6.45, 7) is 4.19. The van der Waals surface area contributed by atoms with E-state index in [4.69, 9.17) is 10.00 Å². The molecule has 1 aliphatic rings. The van der Waals surface area contributed by atoms with Gasteiger partial charge in [-0.05, 0) is 18.2 Å². The van der Waals surface area contributed by atoms with E-state index in [2.05, 4.69) is 20.2 Å². The molecule has 22 heavy (non-hydrogen) atoms. The summed E-state index contributed by atoms with van der Waals surface area (Å²) in [6.07, 6.45) is 1.54. The van der Waals surface area contributed by atoms with Gasteiger partial charge >= 0.3 is 0 Å². The molecule has 1 aliphatic heterocycles. The fourth-order valence-corrected chi connectivity index (χ4v) is 2.28. The fourth-order valence-electron chi connectivity index (χ4n) is 2.28. The minimum atomic E-state index is 0.337. The third kappa shape index (κ3) is 3.51. The van der Waals surface area contributed by atoms with E-state index in [1.807, 2.05) is 24.3 Å². The first-order valence-electron chi connectivity index (χ1n) is 7.26. The lowest BCUT2D eigenvalue weighted by atomic mass is 10.3. The van der Waals surface area contributed by atoms with Gasteiger partial charge in [-0.3, -0.25) is 4.98 Å². The van der Waals surface area contributed by atoms with E-state index in [1.54, 1.807) is 18.3 Å². The van der Waals surface area contributed by atoms with Crippen LogP contribution in [0.1, 0.15) is 11.3 Å². The molecule has 0 amide bonds. The predicted molar refractivity (Wildman–Crippen MR) is 82.6 cm³/mol. The smallest absolute Gasteiger partial charge is 0.215 e. The van der Waals surface area contributed by atoms with Crippen molar-refractivity contribution in [2.45, 2.75) is 6.61 Å². The van der Waals surface area contributed by atoms with Crippen LogP contribution >= 0.6 is 0 Å². The van der Waals surface area contributed by atoms with Crippen molar-refractivity contribution in [3.63, 3.8) is 0 Å². The van der Waals surface area contributed by atoms with Crippen molar-refractivity contribution in [1.82, 2.24) is 15.3 Å². The third-order valence-corrected chi connectivity index (χ3v) is 3.47. The van der Waals surface area contributed by atoms with Gasteiger partial charge < -0.3 is 15.0 Å². The summed E-state index contributed by atoms with van der Waals surface area (Å²) in [5.74, 6) is 1.52. The van der Waals surface area contributed by atoms with Gasteiger partial charge in [0.2, 0.25) is 5.88 Å². The number of pyridine rings is 2. The Bertz CT molecular complexity index is 659. The van der Waals surface area contributed by atoms with E-state index in [-0.39, 0.29) is 0 Å². The van der Waals surface area contributed by atoms with Crippen molar-refractivity contribution >= 4 is 5.82 Å². The maximum atomic E-state index is 8.75. The summed E-state index contributed by atoms with van der Waals surface area (Å²) >= 11 is 0. The molecule has 1 saturated heterocycles. The number of nitrogens with zero attached hydrogens (tertiary/aromatic N) is 4. The average molecular weight is 295 g/mol. The van der Waals surface area contributed by atoms with Gasteiger partial charge in [0.1, 0.15) is 18.5 Å². The molecule has 1 N–H and O–H groups in total. The molecule has 112 valence electrons. The monoisotopic (exact) mass is 295 g/mol. The van der Waals surface area contributed by atoms with Gasteiger partial charge in [-0.15, -0.1) is 0 Å². The molecular formula is C16H17N5O. The lowest BCUT2D eigenvalue weighted by Crippen LogP contribution is -2.43. The highest BCUT2D eigenvalue weighted by Crippen LogP contribution is 2.17. The molecule has 0 radical (unpaired) electrons. The maximum absolute atomic E-state index is 8.75. The maximum Gasteiger partial charge on any atom is 0.215 e. The zero-order chi connectivity index (χ0) is 15.2. The normalized spacial score (nSPS) is 14.4. The highest BCUT2D eigenvalue weighted by atomic mass is 16.5. The van der Waals surface area contributed by atoms with Gasteiger partial charge in [0.15, 0.2) is 0 Å². The average Bonchev–Trinajstić information content (AvgIpc) is 2.61. The van der Waals surface area contributed by atoms with Crippen LogP contribution in [0.3, 0.4) is 0 Å². The molecule has 0 atom stereocenters. The van der Waals surface area contributed by atoms with Crippen LogP contribution in [-0.2, 0) is 6.61 Å². The van der Waals surface area contributed by atoms with Gasteiger partial charge in [-0.1, -0.05) is 6.07 Å². The molecule has 1 fully saturated rings. The Morgan fingerprint density at radius 1 is 1.23 bits per heavy atom. The van der Waals surface area contributed by atoms with Crippen LogP contribution in [0.15, 0.2) is 36.5 Å². The molecule has 0 aliphatic carbocycles. The van der Waals surface area contributed by atoms with Gasteiger partial charge in [-0.2, -0.15) is 10.2 Å². The third-order valence-electron chi connectivity index (χ3n) is 3.47. The van der Waals surface area contributed by atoms with Crippen molar-refractivity contribution in [1.29, 1.82) is 5.26 Å². The standard InChI is InChI=1S/C16H17N5O/c17-10-13-4-5-14(19-11-13)12-22-16-3-1-2-15(20-16)21-8-6-18-7-9-21/h1-5,11,18H,6-9,12H2. The lowest BCUT2D eigenvalue weighted by Gasteiger charge is -2.28. The highest BCUT2D eigenvalue weighted by molar-refractivity contribution is 5.41. The first-order valence-corrected chi connectivity index (χ1v) is 7.26. The largest absolute Gasteiger partial charge is 0.471 e. The van der Waals surface area contributed by atoms with E-state index in [9.17, 15) is 0 Å². The Kier molecular flexibility index (Phi) is 4.47. The summed E-state index contributed by atoms with van der Waals surface area (Å²) in [5, 5.41) is 12.1. The van der Waals surface area contributed by atoms with Crippen molar-refractivity contribution in [3.05, 3.63) is 47.8 Å². The molecule has 6 nitrogen and oxygen atoms in total. The Morgan fingerprint density at radius 2 is 2.09 bits per heavy atom. The van der Waals surface area contributed by atoms with E-state index in [0.29, 0.717) is 18.1 Å². The molecule has 2 aromatic heterocycles. The number of piperazine rings is 1. The number of rotatable bonds is 4. The summed E-state index contributed by atoms with van der Waals surface area (Å²) in [6, 6.07) is 11.4. The SMILES string of the molecule is N#Cc1ccc(COc2cccc(N3CCNCC3)n2)nc1. The summed E-state index contributed by atoms with van der Waals surface area (Å²) in [4.78, 5) is 11.0. The second kappa shape index (κ2) is 6.87. The Balaban J connectivity index is 1.63. The van der Waals surface area contributed by atoms with Gasteiger partial charge in [0, 0.05) is 38.4 Å². The highest BCUT2D eigenvalue weighted by Gasteiger charge is 2.12. The van der Waals surface area contributed by atoms with Crippen molar-refractivity contribution in [2.75, 3.05) is 31.1 Å². The van der Waals surface area contributed by atoms with Crippen LogP contribution in [-0.4, -0.2) is 36.1 Å². The molecule has 6 heteroatoms. The van der Waals surface area contributed by atoms with Crippen LogP contribution in [0.4, 0.5) is 5.82 Å².